The predicted octanol–water partition coefficient (Wildman–Crippen LogP) is 1.60. The molecule has 0 radical (unpaired) electrons. The molecule has 1 aliphatic heterocycles. The standard InChI is InChI=1S/C16H26N2O2/c1-15(2)13-12(8-9-20-13)16(15,17)14(19)18-10-11-6-4-3-5-7-11/h3-4,11-13H,5-10,17H2,1-2H3,(H,18,19). The third-order valence-corrected chi connectivity index (χ3v) is 5.76. The largest absolute Gasteiger partial charge is 0.377 e. The molecule has 0 aromatic carbocycles. The van der Waals surface area contributed by atoms with Gasteiger partial charge in [-0.15, -0.1) is 0 Å². The van der Waals surface area contributed by atoms with Gasteiger partial charge in [-0.25, -0.2) is 0 Å². The molecule has 4 atom stereocenters. The van der Waals surface area contributed by atoms with Crippen molar-refractivity contribution >= 4 is 5.91 Å². The van der Waals surface area contributed by atoms with Crippen LogP contribution in [-0.2, 0) is 9.53 Å². The van der Waals surface area contributed by atoms with E-state index in [-0.39, 0.29) is 23.3 Å². The molecule has 2 aliphatic carbocycles. The van der Waals surface area contributed by atoms with Crippen molar-refractivity contribution in [3.05, 3.63) is 12.2 Å². The second kappa shape index (κ2) is 4.85. The van der Waals surface area contributed by atoms with Crippen LogP contribution in [0.1, 0.15) is 39.5 Å². The Bertz CT molecular complexity index is 432. The predicted molar refractivity (Wildman–Crippen MR) is 78.0 cm³/mol. The van der Waals surface area contributed by atoms with Crippen molar-refractivity contribution in [2.24, 2.45) is 23.0 Å². The maximum atomic E-state index is 12.6. The molecule has 0 aromatic heterocycles. The second-order valence-corrected chi connectivity index (χ2v) is 7.14. The van der Waals surface area contributed by atoms with Crippen LogP contribution >= 0.6 is 0 Å². The molecule has 4 heteroatoms. The van der Waals surface area contributed by atoms with E-state index >= 15 is 0 Å². The van der Waals surface area contributed by atoms with Gasteiger partial charge in [0.1, 0.15) is 5.54 Å². The minimum atomic E-state index is -0.765. The van der Waals surface area contributed by atoms with Gasteiger partial charge in [0, 0.05) is 24.5 Å². The van der Waals surface area contributed by atoms with E-state index in [9.17, 15) is 4.79 Å². The third kappa shape index (κ3) is 1.85. The van der Waals surface area contributed by atoms with Gasteiger partial charge in [0.25, 0.3) is 0 Å². The first-order valence-corrected chi connectivity index (χ1v) is 7.81. The van der Waals surface area contributed by atoms with E-state index in [4.69, 9.17) is 10.5 Å². The SMILES string of the molecule is CC1(C)C2OCCC2C1(N)C(=O)NCC1CC=CCC1. The zero-order valence-electron chi connectivity index (χ0n) is 12.5. The van der Waals surface area contributed by atoms with Crippen molar-refractivity contribution in [1.29, 1.82) is 0 Å². The van der Waals surface area contributed by atoms with Gasteiger partial charge in [-0.05, 0) is 31.6 Å². The minimum absolute atomic E-state index is 0.0174. The fourth-order valence-corrected chi connectivity index (χ4v) is 4.27. The summed E-state index contributed by atoms with van der Waals surface area (Å²) in [5.41, 5.74) is 5.48. The molecule has 0 bridgehead atoms. The average Bonchev–Trinajstić information content (AvgIpc) is 2.93. The van der Waals surface area contributed by atoms with Crippen LogP contribution in [0.15, 0.2) is 12.2 Å². The first kappa shape index (κ1) is 14.1. The Morgan fingerprint density at radius 1 is 1.40 bits per heavy atom. The fourth-order valence-electron chi connectivity index (χ4n) is 4.27. The van der Waals surface area contributed by atoms with Crippen LogP contribution in [-0.4, -0.2) is 30.7 Å². The first-order chi connectivity index (χ1) is 9.48. The molecule has 3 aliphatic rings. The van der Waals surface area contributed by atoms with Crippen molar-refractivity contribution in [3.63, 3.8) is 0 Å². The van der Waals surface area contributed by atoms with Crippen LogP contribution in [0.5, 0.6) is 0 Å². The molecule has 3 rings (SSSR count). The summed E-state index contributed by atoms with van der Waals surface area (Å²) in [6, 6.07) is 0. The molecule has 1 heterocycles. The Labute approximate surface area is 121 Å². The van der Waals surface area contributed by atoms with Crippen LogP contribution in [0, 0.1) is 17.3 Å². The highest BCUT2D eigenvalue weighted by Crippen LogP contribution is 2.58. The lowest BCUT2D eigenvalue weighted by molar-refractivity contribution is -0.175. The normalized spacial score (nSPS) is 41.9. The number of fused-ring (bicyclic) bond motifs is 1. The summed E-state index contributed by atoms with van der Waals surface area (Å²) in [6.45, 7) is 5.60. The molecular formula is C16H26N2O2. The zero-order valence-corrected chi connectivity index (χ0v) is 12.5. The molecular weight excluding hydrogens is 252 g/mol. The number of allylic oxidation sites excluding steroid dienone is 2. The molecule has 1 amide bonds. The smallest absolute Gasteiger partial charge is 0.241 e. The summed E-state index contributed by atoms with van der Waals surface area (Å²) in [7, 11) is 0. The Morgan fingerprint density at radius 3 is 2.90 bits per heavy atom. The number of carbonyl (C=O) groups excluding carboxylic acids is 1. The highest BCUT2D eigenvalue weighted by Gasteiger charge is 2.71. The van der Waals surface area contributed by atoms with Gasteiger partial charge in [-0.3, -0.25) is 4.79 Å². The van der Waals surface area contributed by atoms with Crippen molar-refractivity contribution in [3.8, 4) is 0 Å². The molecule has 4 unspecified atom stereocenters. The Kier molecular flexibility index (Phi) is 3.41. The van der Waals surface area contributed by atoms with Crippen LogP contribution < -0.4 is 11.1 Å². The first-order valence-electron chi connectivity index (χ1n) is 7.81. The number of nitrogens with two attached hydrogens (primary N) is 1. The molecule has 1 saturated heterocycles. The quantitative estimate of drug-likeness (QED) is 0.771. The van der Waals surface area contributed by atoms with Gasteiger partial charge in [-0.2, -0.15) is 0 Å². The van der Waals surface area contributed by atoms with Crippen molar-refractivity contribution in [1.82, 2.24) is 5.32 Å². The lowest BCUT2D eigenvalue weighted by atomic mass is 9.48. The van der Waals surface area contributed by atoms with Gasteiger partial charge < -0.3 is 15.8 Å². The number of hydrogen-bond donors (Lipinski definition) is 2. The minimum Gasteiger partial charge on any atom is -0.377 e. The summed E-state index contributed by atoms with van der Waals surface area (Å²) >= 11 is 0. The van der Waals surface area contributed by atoms with E-state index < -0.39 is 5.54 Å². The summed E-state index contributed by atoms with van der Waals surface area (Å²) in [6.07, 6.45) is 8.84. The van der Waals surface area contributed by atoms with E-state index in [1.54, 1.807) is 0 Å². The molecule has 4 nitrogen and oxygen atoms in total. The van der Waals surface area contributed by atoms with Crippen LogP contribution in [0.3, 0.4) is 0 Å². The number of rotatable bonds is 3. The highest BCUT2D eigenvalue weighted by atomic mass is 16.5. The summed E-state index contributed by atoms with van der Waals surface area (Å²) in [4.78, 5) is 12.6. The van der Waals surface area contributed by atoms with E-state index in [0.717, 1.165) is 38.8 Å². The van der Waals surface area contributed by atoms with E-state index in [2.05, 4.69) is 31.3 Å². The fraction of sp³-hybridized carbons (Fsp3) is 0.812. The molecule has 0 spiro atoms. The molecule has 112 valence electrons. The van der Waals surface area contributed by atoms with Gasteiger partial charge >= 0.3 is 0 Å². The van der Waals surface area contributed by atoms with Crippen LogP contribution in [0.2, 0.25) is 0 Å². The summed E-state index contributed by atoms with van der Waals surface area (Å²) in [5.74, 6) is 0.763. The van der Waals surface area contributed by atoms with Gasteiger partial charge in [0.2, 0.25) is 5.91 Å². The number of carbonyl (C=O) groups is 1. The second-order valence-electron chi connectivity index (χ2n) is 7.14. The zero-order chi connectivity index (χ0) is 14.4. The van der Waals surface area contributed by atoms with Crippen LogP contribution in [0.4, 0.5) is 0 Å². The lowest BCUT2D eigenvalue weighted by Gasteiger charge is -2.60. The van der Waals surface area contributed by atoms with Crippen LogP contribution in [0.25, 0.3) is 0 Å². The maximum absolute atomic E-state index is 12.6. The van der Waals surface area contributed by atoms with Gasteiger partial charge in [-0.1, -0.05) is 26.0 Å². The summed E-state index contributed by atoms with van der Waals surface area (Å²) in [5, 5.41) is 3.11. The van der Waals surface area contributed by atoms with E-state index in [0.29, 0.717) is 5.92 Å². The molecule has 0 aromatic rings. The topological polar surface area (TPSA) is 64.3 Å². The monoisotopic (exact) mass is 278 g/mol. The Morgan fingerprint density at radius 2 is 2.20 bits per heavy atom. The molecule has 2 fully saturated rings. The third-order valence-electron chi connectivity index (χ3n) is 5.76. The molecule has 1 saturated carbocycles. The van der Waals surface area contributed by atoms with E-state index in [1.807, 2.05) is 0 Å². The highest BCUT2D eigenvalue weighted by molar-refractivity contribution is 5.89. The summed E-state index contributed by atoms with van der Waals surface area (Å²) < 4.78 is 5.74. The van der Waals surface area contributed by atoms with Gasteiger partial charge in [0.15, 0.2) is 0 Å². The van der Waals surface area contributed by atoms with Crippen molar-refractivity contribution in [2.75, 3.05) is 13.2 Å². The number of amides is 1. The Hall–Kier alpha value is -0.870. The van der Waals surface area contributed by atoms with Gasteiger partial charge in [0.05, 0.1) is 6.10 Å². The molecule has 3 N–H and O–H groups in total. The van der Waals surface area contributed by atoms with Crippen molar-refractivity contribution in [2.45, 2.75) is 51.2 Å². The maximum Gasteiger partial charge on any atom is 0.241 e. The van der Waals surface area contributed by atoms with Crippen molar-refractivity contribution < 1.29 is 9.53 Å². The number of nitrogens with one attached hydrogen (secondary N) is 1. The number of ether oxygens (including phenoxy) is 1. The Balaban J connectivity index is 1.63. The number of hydrogen-bond acceptors (Lipinski definition) is 3. The van der Waals surface area contributed by atoms with E-state index in [1.165, 1.54) is 0 Å². The lowest BCUT2D eigenvalue weighted by Crippen LogP contribution is -2.80. The average molecular weight is 278 g/mol. The molecule has 20 heavy (non-hydrogen) atoms.